The minimum atomic E-state index is -0.501. The normalized spacial score (nSPS) is 14.2. The number of carbonyl (C=O) groups is 1. The number of hydrogen-bond donors (Lipinski definition) is 1. The highest BCUT2D eigenvalue weighted by atomic mass is 79.9. The first-order valence-electron chi connectivity index (χ1n) is 10.4. The first-order chi connectivity index (χ1) is 15.8. The Morgan fingerprint density at radius 3 is 2.76 bits per heavy atom. The number of fused-ring (bicyclic) bond motifs is 1. The van der Waals surface area contributed by atoms with Gasteiger partial charge >= 0.3 is 5.88 Å². The number of aromatic nitrogens is 3. The van der Waals surface area contributed by atoms with Gasteiger partial charge in [0.15, 0.2) is 11.8 Å². The van der Waals surface area contributed by atoms with Gasteiger partial charge in [0.2, 0.25) is 5.27 Å². The fraction of sp³-hybridized carbons (Fsp3) is 0.261. The molecule has 0 amide bonds. The second kappa shape index (κ2) is 8.35. The predicted octanol–water partition coefficient (Wildman–Crippen LogP) is 3.73. The summed E-state index contributed by atoms with van der Waals surface area (Å²) in [5, 5.41) is 17.4. The SMILES string of the molecule is Cc1nc2sc(/C([O-])=N/c3c[n+](C4CC4)no3)c(N)c2c(C)c1CC(=O)c1ccc(Br)cc1. The molecule has 1 aliphatic rings. The lowest BCUT2D eigenvalue weighted by atomic mass is 9.96. The van der Waals surface area contributed by atoms with Gasteiger partial charge in [0.1, 0.15) is 4.83 Å². The van der Waals surface area contributed by atoms with E-state index in [0.29, 0.717) is 32.4 Å². The number of anilines is 1. The summed E-state index contributed by atoms with van der Waals surface area (Å²) < 4.78 is 7.76. The minimum absolute atomic E-state index is 0.00997. The van der Waals surface area contributed by atoms with E-state index < -0.39 is 5.90 Å². The van der Waals surface area contributed by atoms with Crippen LogP contribution >= 0.6 is 27.3 Å². The number of ketones is 1. The maximum atomic E-state index is 12.9. The molecule has 1 saturated carbocycles. The van der Waals surface area contributed by atoms with Crippen LogP contribution in [0.5, 0.6) is 0 Å². The Kier molecular flexibility index (Phi) is 5.49. The first kappa shape index (κ1) is 21.7. The average molecular weight is 526 g/mol. The van der Waals surface area contributed by atoms with Gasteiger partial charge in [-0.1, -0.05) is 28.1 Å². The molecule has 33 heavy (non-hydrogen) atoms. The number of hydrogen-bond acceptors (Lipinski definition) is 8. The van der Waals surface area contributed by atoms with Crippen LogP contribution in [0.3, 0.4) is 0 Å². The van der Waals surface area contributed by atoms with E-state index in [2.05, 4.69) is 31.2 Å². The molecular weight excluding hydrogens is 506 g/mol. The highest BCUT2D eigenvalue weighted by Crippen LogP contribution is 2.37. The van der Waals surface area contributed by atoms with Crippen LogP contribution in [0.1, 0.15) is 50.9 Å². The van der Waals surface area contributed by atoms with E-state index in [1.165, 1.54) is 11.3 Å². The van der Waals surface area contributed by atoms with E-state index in [0.717, 1.165) is 34.1 Å². The molecule has 4 aromatic rings. The molecular formula is C23H20BrN5O3S. The van der Waals surface area contributed by atoms with Crippen molar-refractivity contribution in [2.45, 2.75) is 39.2 Å². The Hall–Kier alpha value is -3.11. The van der Waals surface area contributed by atoms with Gasteiger partial charge < -0.3 is 10.8 Å². The van der Waals surface area contributed by atoms with Crippen molar-refractivity contribution >= 4 is 60.7 Å². The molecule has 10 heteroatoms. The van der Waals surface area contributed by atoms with Crippen molar-refractivity contribution < 1.29 is 19.1 Å². The number of benzene rings is 1. The van der Waals surface area contributed by atoms with E-state index in [9.17, 15) is 9.90 Å². The standard InChI is InChI=1S/C23H20BrN5O3S/c1-11-16(9-17(30)13-3-5-14(24)6-4-13)12(2)26-23-19(11)20(25)21(33-23)22(31)27-18-10-29(28-32-18)15-7-8-15/h3-6,10,15H,7-9H2,1-2H3,(H2-,25,27,28,31). The van der Waals surface area contributed by atoms with Crippen molar-refractivity contribution in [3.8, 4) is 0 Å². The molecule has 0 radical (unpaired) electrons. The lowest BCUT2D eigenvalue weighted by molar-refractivity contribution is -0.765. The Bertz CT molecular complexity index is 1420. The van der Waals surface area contributed by atoms with Gasteiger partial charge in [-0.05, 0) is 41.8 Å². The molecule has 0 saturated heterocycles. The number of nitrogens with two attached hydrogens (primary N) is 1. The maximum absolute atomic E-state index is 12.9. The smallest absolute Gasteiger partial charge is 0.320 e. The lowest BCUT2D eigenvalue weighted by Gasteiger charge is -2.11. The number of thiophene rings is 1. The van der Waals surface area contributed by atoms with Crippen molar-refractivity contribution in [2.75, 3.05) is 5.73 Å². The van der Waals surface area contributed by atoms with Crippen molar-refractivity contribution in [3.05, 3.63) is 62.2 Å². The van der Waals surface area contributed by atoms with Gasteiger partial charge in [0, 0.05) is 46.3 Å². The van der Waals surface area contributed by atoms with E-state index in [4.69, 9.17) is 10.3 Å². The number of pyridine rings is 1. The number of nitrogens with zero attached hydrogens (tertiary/aromatic N) is 4. The number of aryl methyl sites for hydroxylation is 2. The largest absolute Gasteiger partial charge is 0.857 e. The van der Waals surface area contributed by atoms with E-state index in [1.54, 1.807) is 23.0 Å². The van der Waals surface area contributed by atoms with Crippen LogP contribution in [0.2, 0.25) is 0 Å². The summed E-state index contributed by atoms with van der Waals surface area (Å²) in [5.74, 6) is -0.367. The summed E-state index contributed by atoms with van der Waals surface area (Å²) in [6.07, 6.45) is 3.92. The number of rotatable bonds is 6. The summed E-state index contributed by atoms with van der Waals surface area (Å²) >= 11 is 4.58. The van der Waals surface area contributed by atoms with Gasteiger partial charge in [-0.15, -0.1) is 11.3 Å². The van der Waals surface area contributed by atoms with Crippen LogP contribution in [0.4, 0.5) is 11.6 Å². The van der Waals surface area contributed by atoms with E-state index >= 15 is 0 Å². The third kappa shape index (κ3) is 4.16. The van der Waals surface area contributed by atoms with Crippen LogP contribution in [-0.2, 0) is 6.42 Å². The number of halogens is 1. The number of nitrogen functional groups attached to an aromatic ring is 1. The fourth-order valence-corrected chi connectivity index (χ4v) is 5.14. The van der Waals surface area contributed by atoms with Gasteiger partial charge in [0.25, 0.3) is 6.20 Å². The molecule has 0 bridgehead atoms. The number of Topliss-reactive ketones (excluding diaryl/α,β-unsaturated/α-hetero) is 1. The Balaban J connectivity index is 1.49. The van der Waals surface area contributed by atoms with Crippen LogP contribution in [-0.4, -0.2) is 21.9 Å². The Morgan fingerprint density at radius 2 is 2.06 bits per heavy atom. The molecule has 1 aromatic carbocycles. The zero-order valence-corrected chi connectivity index (χ0v) is 20.4. The summed E-state index contributed by atoms with van der Waals surface area (Å²) in [6, 6.07) is 7.59. The van der Waals surface area contributed by atoms with Crippen LogP contribution in [0.25, 0.3) is 10.2 Å². The van der Waals surface area contributed by atoms with Gasteiger partial charge in [-0.3, -0.25) is 9.32 Å². The first-order valence-corrected chi connectivity index (χ1v) is 12.0. The van der Waals surface area contributed by atoms with E-state index in [1.807, 2.05) is 26.0 Å². The molecule has 2 N–H and O–H groups in total. The molecule has 168 valence electrons. The van der Waals surface area contributed by atoms with Crippen molar-refractivity contribution in [1.29, 1.82) is 0 Å². The topological polar surface area (TPSA) is 121 Å². The Morgan fingerprint density at radius 1 is 1.33 bits per heavy atom. The monoisotopic (exact) mass is 525 g/mol. The second-order valence-corrected chi connectivity index (χ2v) is 10.0. The highest BCUT2D eigenvalue weighted by molar-refractivity contribution is 9.10. The average Bonchev–Trinajstić information content (AvgIpc) is 3.44. The maximum Gasteiger partial charge on any atom is 0.320 e. The van der Waals surface area contributed by atoms with Gasteiger partial charge in [-0.25, -0.2) is 9.98 Å². The van der Waals surface area contributed by atoms with Gasteiger partial charge in [-0.2, -0.15) is 0 Å². The minimum Gasteiger partial charge on any atom is -0.857 e. The molecule has 3 heterocycles. The van der Waals surface area contributed by atoms with Crippen LogP contribution < -0.4 is 15.5 Å². The molecule has 0 atom stereocenters. The highest BCUT2D eigenvalue weighted by Gasteiger charge is 2.35. The summed E-state index contributed by atoms with van der Waals surface area (Å²) in [4.78, 5) is 22.5. The summed E-state index contributed by atoms with van der Waals surface area (Å²) in [6.45, 7) is 3.77. The zero-order chi connectivity index (χ0) is 23.3. The molecule has 1 aliphatic carbocycles. The quantitative estimate of drug-likeness (QED) is 0.177. The third-order valence-corrected chi connectivity index (χ3v) is 7.38. The van der Waals surface area contributed by atoms with Crippen LogP contribution in [0, 0.1) is 13.8 Å². The van der Waals surface area contributed by atoms with E-state index in [-0.39, 0.29) is 18.1 Å². The zero-order valence-electron chi connectivity index (χ0n) is 18.0. The van der Waals surface area contributed by atoms with Gasteiger partial charge in [0.05, 0.1) is 10.6 Å². The number of carbonyl (C=O) groups excluding carboxylic acids is 1. The summed E-state index contributed by atoms with van der Waals surface area (Å²) in [7, 11) is 0. The van der Waals surface area contributed by atoms with Crippen molar-refractivity contribution in [2.24, 2.45) is 4.99 Å². The molecule has 3 aromatic heterocycles. The van der Waals surface area contributed by atoms with Crippen LogP contribution in [0.15, 0.2) is 44.5 Å². The van der Waals surface area contributed by atoms with Crippen molar-refractivity contribution in [1.82, 2.24) is 10.3 Å². The number of aliphatic imine (C=N–C) groups is 1. The molecule has 5 rings (SSSR count). The lowest BCUT2D eigenvalue weighted by Crippen LogP contribution is -2.32. The predicted molar refractivity (Wildman–Crippen MR) is 127 cm³/mol. The fourth-order valence-electron chi connectivity index (χ4n) is 3.79. The molecule has 0 aliphatic heterocycles. The molecule has 1 fully saturated rings. The Labute approximate surface area is 201 Å². The molecule has 0 spiro atoms. The summed E-state index contributed by atoms with van der Waals surface area (Å²) in [5.41, 5.74) is 9.73. The van der Waals surface area contributed by atoms with Crippen molar-refractivity contribution in [3.63, 3.8) is 0 Å². The second-order valence-electron chi connectivity index (χ2n) is 8.10. The molecule has 8 nitrogen and oxygen atoms in total. The third-order valence-electron chi connectivity index (χ3n) is 5.76. The molecule has 0 unspecified atom stereocenters.